The van der Waals surface area contributed by atoms with Crippen molar-refractivity contribution in [1.29, 1.82) is 0 Å². The number of ether oxygens (including phenoxy) is 1. The van der Waals surface area contributed by atoms with Gasteiger partial charge in [0.1, 0.15) is 11.7 Å². The number of carboxylic acid groups (broad SMARTS) is 1. The molecular weight excluding hydrogens is 276 g/mol. The number of rotatable bonds is 2. The van der Waals surface area contributed by atoms with E-state index >= 15 is 0 Å². The van der Waals surface area contributed by atoms with Crippen LogP contribution in [0.2, 0.25) is 0 Å². The maximum atomic E-state index is 12.6. The number of hydrogen-bond acceptors (Lipinski definition) is 4. The number of urea groups is 1. The zero-order valence-electron chi connectivity index (χ0n) is 11.8. The first kappa shape index (κ1) is 13.9. The molecule has 1 saturated heterocycles. The van der Waals surface area contributed by atoms with Gasteiger partial charge in [0, 0.05) is 32.5 Å². The Hall–Kier alpha value is -2.09. The Kier molecular flexibility index (Phi) is 3.54. The first-order valence-electron chi connectivity index (χ1n) is 6.90. The van der Waals surface area contributed by atoms with E-state index in [0.717, 1.165) is 5.82 Å². The number of carboxylic acids is 1. The van der Waals surface area contributed by atoms with Crippen LogP contribution in [0, 0.1) is 5.92 Å². The molecule has 2 atom stereocenters. The molecule has 8 nitrogen and oxygen atoms in total. The molecule has 8 heteroatoms. The molecule has 3 heterocycles. The Balaban J connectivity index is 1.69. The van der Waals surface area contributed by atoms with Gasteiger partial charge >= 0.3 is 12.0 Å². The van der Waals surface area contributed by atoms with Gasteiger partial charge in [-0.25, -0.2) is 9.78 Å². The minimum atomic E-state index is -0.925. The lowest BCUT2D eigenvalue weighted by Gasteiger charge is -2.34. The fraction of sp³-hybridized carbons (Fsp3) is 0.615. The van der Waals surface area contributed by atoms with Crippen LogP contribution in [0.1, 0.15) is 5.82 Å². The topological polar surface area (TPSA) is 87.9 Å². The molecular formula is C13H18N4O4. The van der Waals surface area contributed by atoms with Crippen molar-refractivity contribution in [2.75, 3.05) is 26.8 Å². The molecule has 3 rings (SSSR count). The highest BCUT2D eigenvalue weighted by Crippen LogP contribution is 2.21. The number of aromatic nitrogens is 2. The quantitative estimate of drug-likeness (QED) is 0.819. The minimum absolute atomic E-state index is 0.155. The van der Waals surface area contributed by atoms with Gasteiger partial charge in [-0.05, 0) is 0 Å². The Bertz CT molecular complexity index is 558. The van der Waals surface area contributed by atoms with Crippen LogP contribution in [-0.4, -0.2) is 69.3 Å². The van der Waals surface area contributed by atoms with Gasteiger partial charge in [-0.1, -0.05) is 0 Å². The summed E-state index contributed by atoms with van der Waals surface area (Å²) in [5, 5.41) is 9.18. The van der Waals surface area contributed by atoms with Crippen molar-refractivity contribution in [2.24, 2.45) is 5.92 Å². The number of nitrogens with zero attached hydrogens (tertiary/aromatic N) is 4. The first-order valence-corrected chi connectivity index (χ1v) is 6.90. The lowest BCUT2D eigenvalue weighted by Crippen LogP contribution is -2.51. The number of likely N-dealkylation sites (N-methyl/N-ethyl adjacent to an activating group) is 1. The second kappa shape index (κ2) is 5.36. The predicted octanol–water partition coefficient (Wildman–Crippen LogP) is -0.150. The van der Waals surface area contributed by atoms with Crippen LogP contribution in [0.25, 0.3) is 0 Å². The standard InChI is InChI=1S/C13H18N4O4/c1-15(10-8-21-7-9(10)12(18)19)13(20)17-5-4-16-3-2-14-11(16)6-17/h2-3,9-10H,4-8H2,1H3,(H,18,19). The smallest absolute Gasteiger partial charge is 0.320 e. The Morgan fingerprint density at radius 2 is 2.24 bits per heavy atom. The predicted molar refractivity (Wildman–Crippen MR) is 71.5 cm³/mol. The van der Waals surface area contributed by atoms with Crippen molar-refractivity contribution in [1.82, 2.24) is 19.4 Å². The highest BCUT2D eigenvalue weighted by molar-refractivity contribution is 5.77. The third-order valence-corrected chi connectivity index (χ3v) is 4.18. The molecule has 2 unspecified atom stereocenters. The number of imidazole rings is 1. The van der Waals surface area contributed by atoms with Gasteiger partial charge in [0.05, 0.1) is 25.8 Å². The normalized spacial score (nSPS) is 24.7. The highest BCUT2D eigenvalue weighted by atomic mass is 16.5. The second-order valence-corrected chi connectivity index (χ2v) is 5.40. The second-order valence-electron chi connectivity index (χ2n) is 5.40. The lowest BCUT2D eigenvalue weighted by atomic mass is 10.0. The van der Waals surface area contributed by atoms with Crippen LogP contribution in [0.5, 0.6) is 0 Å². The zero-order chi connectivity index (χ0) is 15.0. The fourth-order valence-corrected chi connectivity index (χ4v) is 2.86. The van der Waals surface area contributed by atoms with E-state index in [2.05, 4.69) is 4.98 Å². The molecule has 0 spiro atoms. The molecule has 0 bridgehead atoms. The molecule has 0 aromatic carbocycles. The van der Waals surface area contributed by atoms with Gasteiger partial charge in [-0.15, -0.1) is 0 Å². The summed E-state index contributed by atoms with van der Waals surface area (Å²) < 4.78 is 7.24. The van der Waals surface area contributed by atoms with Crippen molar-refractivity contribution < 1.29 is 19.4 Å². The van der Waals surface area contributed by atoms with Crippen molar-refractivity contribution in [3.05, 3.63) is 18.2 Å². The largest absolute Gasteiger partial charge is 0.481 e. The molecule has 0 saturated carbocycles. The molecule has 2 aliphatic heterocycles. The average molecular weight is 294 g/mol. The van der Waals surface area contributed by atoms with Crippen molar-refractivity contribution >= 4 is 12.0 Å². The third-order valence-electron chi connectivity index (χ3n) is 4.18. The number of carbonyl (C=O) groups is 2. The molecule has 1 N–H and O–H groups in total. The van der Waals surface area contributed by atoms with E-state index in [9.17, 15) is 14.7 Å². The summed E-state index contributed by atoms with van der Waals surface area (Å²) in [4.78, 5) is 31.2. The Morgan fingerprint density at radius 3 is 3.00 bits per heavy atom. The molecule has 114 valence electrons. The summed E-state index contributed by atoms with van der Waals surface area (Å²) in [6.07, 6.45) is 3.62. The SMILES string of the molecule is CN(C(=O)N1CCn2ccnc2C1)C1COCC1C(=O)O. The molecule has 1 aromatic rings. The fourth-order valence-electron chi connectivity index (χ4n) is 2.86. The number of amides is 2. The molecule has 1 aromatic heterocycles. The molecule has 21 heavy (non-hydrogen) atoms. The van der Waals surface area contributed by atoms with Crippen molar-refractivity contribution in [3.63, 3.8) is 0 Å². The van der Waals surface area contributed by atoms with E-state index in [1.165, 1.54) is 4.90 Å². The molecule has 2 amide bonds. The summed E-state index contributed by atoms with van der Waals surface area (Å²) in [7, 11) is 1.64. The number of aliphatic carboxylic acids is 1. The lowest BCUT2D eigenvalue weighted by molar-refractivity contribution is -0.142. The summed E-state index contributed by atoms with van der Waals surface area (Å²) in [6.45, 7) is 2.17. The zero-order valence-corrected chi connectivity index (χ0v) is 11.8. The number of hydrogen-bond donors (Lipinski definition) is 1. The van der Waals surface area contributed by atoms with Crippen LogP contribution in [-0.2, 0) is 22.6 Å². The van der Waals surface area contributed by atoms with E-state index in [1.54, 1.807) is 18.1 Å². The van der Waals surface area contributed by atoms with Gasteiger partial charge in [0.2, 0.25) is 0 Å². The van der Waals surface area contributed by atoms with Crippen LogP contribution < -0.4 is 0 Å². The van der Waals surface area contributed by atoms with E-state index in [-0.39, 0.29) is 19.2 Å². The summed E-state index contributed by atoms with van der Waals surface area (Å²) >= 11 is 0. The van der Waals surface area contributed by atoms with E-state index in [4.69, 9.17) is 4.74 Å². The van der Waals surface area contributed by atoms with E-state index < -0.39 is 17.9 Å². The van der Waals surface area contributed by atoms with Crippen LogP contribution in [0.4, 0.5) is 4.79 Å². The molecule has 0 radical (unpaired) electrons. The summed E-state index contributed by atoms with van der Waals surface area (Å²) in [5.74, 6) is -0.738. The number of fused-ring (bicyclic) bond motifs is 1. The van der Waals surface area contributed by atoms with Crippen LogP contribution in [0.15, 0.2) is 12.4 Å². The minimum Gasteiger partial charge on any atom is -0.481 e. The molecule has 2 aliphatic rings. The van der Waals surface area contributed by atoms with Crippen LogP contribution in [0.3, 0.4) is 0 Å². The maximum Gasteiger partial charge on any atom is 0.320 e. The van der Waals surface area contributed by atoms with Crippen LogP contribution >= 0.6 is 0 Å². The van der Waals surface area contributed by atoms with Crippen molar-refractivity contribution in [3.8, 4) is 0 Å². The highest BCUT2D eigenvalue weighted by Gasteiger charge is 2.40. The van der Waals surface area contributed by atoms with Gasteiger partial charge in [-0.3, -0.25) is 4.79 Å². The Labute approximate surface area is 121 Å². The number of carbonyl (C=O) groups excluding carboxylic acids is 1. The van der Waals surface area contributed by atoms with Gasteiger partial charge in [-0.2, -0.15) is 0 Å². The van der Waals surface area contributed by atoms with Gasteiger partial charge in [0.15, 0.2) is 0 Å². The Morgan fingerprint density at radius 1 is 1.43 bits per heavy atom. The average Bonchev–Trinajstić information content (AvgIpc) is 3.13. The summed E-state index contributed by atoms with van der Waals surface area (Å²) in [5.41, 5.74) is 0. The molecule has 1 fully saturated rings. The van der Waals surface area contributed by atoms with E-state index in [0.29, 0.717) is 19.6 Å². The first-order chi connectivity index (χ1) is 10.1. The van der Waals surface area contributed by atoms with E-state index in [1.807, 2.05) is 10.8 Å². The van der Waals surface area contributed by atoms with Gasteiger partial charge < -0.3 is 24.2 Å². The maximum absolute atomic E-state index is 12.6. The summed E-state index contributed by atoms with van der Waals surface area (Å²) in [6, 6.07) is -0.595. The third kappa shape index (κ3) is 2.46. The monoisotopic (exact) mass is 294 g/mol. The molecule has 0 aliphatic carbocycles. The van der Waals surface area contributed by atoms with Crippen molar-refractivity contribution in [2.45, 2.75) is 19.1 Å². The van der Waals surface area contributed by atoms with Gasteiger partial charge in [0.25, 0.3) is 0 Å².